The molecule has 0 aliphatic rings. The topological polar surface area (TPSA) is 29.1 Å². The molecule has 0 bridgehead atoms. The average Bonchev–Trinajstić information content (AvgIpc) is 2.66. The Labute approximate surface area is 149 Å². The Morgan fingerprint density at radius 3 is 2.16 bits per heavy atom. The van der Waals surface area contributed by atoms with Crippen LogP contribution >= 0.6 is 0 Å². The minimum absolute atomic E-state index is 0.00749. The maximum absolute atomic E-state index is 12.7. The van der Waals surface area contributed by atoms with Crippen molar-refractivity contribution in [3.63, 3.8) is 0 Å². The molecule has 126 valence electrons. The molecule has 3 aromatic carbocycles. The lowest BCUT2D eigenvalue weighted by Crippen LogP contribution is -2.24. The number of carbonyl (C=O) groups excluding carboxylic acids is 1. The van der Waals surface area contributed by atoms with Crippen LogP contribution in [0.25, 0.3) is 0 Å². The van der Waals surface area contributed by atoms with Crippen LogP contribution in [0, 0.1) is 6.92 Å². The number of nitrogens with one attached hydrogen (secondary N) is 1. The van der Waals surface area contributed by atoms with Gasteiger partial charge in [0, 0.05) is 12.1 Å². The van der Waals surface area contributed by atoms with Crippen molar-refractivity contribution in [2.24, 2.45) is 0 Å². The van der Waals surface area contributed by atoms with Crippen molar-refractivity contribution in [1.29, 1.82) is 0 Å². The van der Waals surface area contributed by atoms with E-state index in [2.05, 4.69) is 48.6 Å². The first-order valence-electron chi connectivity index (χ1n) is 8.68. The van der Waals surface area contributed by atoms with Crippen LogP contribution in [0.3, 0.4) is 0 Å². The fourth-order valence-electron chi connectivity index (χ4n) is 2.96. The molecule has 2 nitrogen and oxygen atoms in total. The van der Waals surface area contributed by atoms with E-state index >= 15 is 0 Å². The van der Waals surface area contributed by atoms with Crippen LogP contribution in [-0.2, 0) is 19.4 Å². The zero-order valence-corrected chi connectivity index (χ0v) is 14.5. The van der Waals surface area contributed by atoms with Crippen LogP contribution in [-0.4, -0.2) is 5.91 Å². The zero-order chi connectivity index (χ0) is 17.5. The molecule has 0 fully saturated rings. The molecule has 0 saturated heterocycles. The predicted molar refractivity (Wildman–Crippen MR) is 103 cm³/mol. The highest BCUT2D eigenvalue weighted by Gasteiger charge is 2.11. The number of benzene rings is 3. The first kappa shape index (κ1) is 17.0. The molecule has 3 aromatic rings. The Hall–Kier alpha value is -2.87. The molecule has 3 rings (SSSR count). The molecule has 0 saturated carbocycles. The van der Waals surface area contributed by atoms with Gasteiger partial charge >= 0.3 is 0 Å². The van der Waals surface area contributed by atoms with Gasteiger partial charge in [-0.15, -0.1) is 0 Å². The van der Waals surface area contributed by atoms with Crippen molar-refractivity contribution in [1.82, 2.24) is 5.32 Å². The van der Waals surface area contributed by atoms with E-state index in [-0.39, 0.29) is 5.91 Å². The molecular weight excluding hydrogens is 306 g/mol. The SMILES string of the molecule is Cc1ccccc1CNC(=O)c1ccccc1CCc1ccccc1. The second-order valence-electron chi connectivity index (χ2n) is 6.25. The Kier molecular flexibility index (Phi) is 5.63. The third kappa shape index (κ3) is 4.57. The van der Waals surface area contributed by atoms with E-state index in [4.69, 9.17) is 0 Å². The molecule has 0 unspecified atom stereocenters. The number of hydrogen-bond donors (Lipinski definition) is 1. The van der Waals surface area contributed by atoms with Crippen LogP contribution in [0.2, 0.25) is 0 Å². The second kappa shape index (κ2) is 8.29. The molecule has 25 heavy (non-hydrogen) atoms. The molecule has 1 N–H and O–H groups in total. The minimum atomic E-state index is -0.00749. The third-order valence-electron chi connectivity index (χ3n) is 4.49. The summed E-state index contributed by atoms with van der Waals surface area (Å²) in [4.78, 5) is 12.7. The van der Waals surface area contributed by atoms with E-state index in [1.54, 1.807) is 0 Å². The lowest BCUT2D eigenvalue weighted by atomic mass is 9.99. The van der Waals surface area contributed by atoms with Crippen LogP contribution in [0.5, 0.6) is 0 Å². The largest absolute Gasteiger partial charge is 0.348 e. The van der Waals surface area contributed by atoms with Gasteiger partial charge in [-0.3, -0.25) is 4.79 Å². The summed E-state index contributed by atoms with van der Waals surface area (Å²) in [6.07, 6.45) is 1.79. The van der Waals surface area contributed by atoms with E-state index in [1.807, 2.05) is 42.5 Å². The Morgan fingerprint density at radius 1 is 0.760 bits per heavy atom. The highest BCUT2D eigenvalue weighted by Crippen LogP contribution is 2.14. The fourth-order valence-corrected chi connectivity index (χ4v) is 2.96. The van der Waals surface area contributed by atoms with Gasteiger partial charge in [0.2, 0.25) is 0 Å². The molecule has 2 heteroatoms. The Balaban J connectivity index is 1.67. The highest BCUT2D eigenvalue weighted by atomic mass is 16.1. The number of hydrogen-bond acceptors (Lipinski definition) is 1. The summed E-state index contributed by atoms with van der Waals surface area (Å²) >= 11 is 0. The van der Waals surface area contributed by atoms with Gasteiger partial charge < -0.3 is 5.32 Å². The molecule has 0 aliphatic carbocycles. The van der Waals surface area contributed by atoms with Gasteiger partial charge in [0.25, 0.3) is 5.91 Å². The van der Waals surface area contributed by atoms with E-state index in [1.165, 1.54) is 11.1 Å². The average molecular weight is 329 g/mol. The zero-order valence-electron chi connectivity index (χ0n) is 14.5. The molecule has 0 spiro atoms. The summed E-state index contributed by atoms with van der Waals surface area (Å²) in [5.41, 5.74) is 5.50. The lowest BCUT2D eigenvalue weighted by Gasteiger charge is -2.11. The monoisotopic (exact) mass is 329 g/mol. The first-order valence-corrected chi connectivity index (χ1v) is 8.68. The quantitative estimate of drug-likeness (QED) is 0.697. The normalized spacial score (nSPS) is 10.4. The Morgan fingerprint density at radius 2 is 1.40 bits per heavy atom. The third-order valence-corrected chi connectivity index (χ3v) is 4.49. The Bertz CT molecular complexity index is 839. The van der Waals surface area contributed by atoms with Crippen LogP contribution in [0.1, 0.15) is 32.6 Å². The van der Waals surface area contributed by atoms with E-state index < -0.39 is 0 Å². The molecule has 0 aliphatic heterocycles. The van der Waals surface area contributed by atoms with Crippen LogP contribution in [0.15, 0.2) is 78.9 Å². The molecule has 1 amide bonds. The van der Waals surface area contributed by atoms with Crippen molar-refractivity contribution < 1.29 is 4.79 Å². The molecule has 0 heterocycles. The fraction of sp³-hybridized carbons (Fsp3) is 0.174. The second-order valence-corrected chi connectivity index (χ2v) is 6.25. The summed E-state index contributed by atoms with van der Waals surface area (Å²) < 4.78 is 0. The summed E-state index contributed by atoms with van der Waals surface area (Å²) in [6.45, 7) is 2.62. The van der Waals surface area contributed by atoms with E-state index in [0.29, 0.717) is 6.54 Å². The maximum atomic E-state index is 12.7. The maximum Gasteiger partial charge on any atom is 0.251 e. The predicted octanol–water partition coefficient (Wildman–Crippen LogP) is 4.71. The molecule has 0 aromatic heterocycles. The van der Waals surface area contributed by atoms with Crippen molar-refractivity contribution in [3.8, 4) is 0 Å². The number of aryl methyl sites for hydroxylation is 3. The molecule has 0 radical (unpaired) electrons. The van der Waals surface area contributed by atoms with Crippen LogP contribution in [0.4, 0.5) is 0 Å². The van der Waals surface area contributed by atoms with Crippen molar-refractivity contribution in [3.05, 3.63) is 107 Å². The summed E-state index contributed by atoms with van der Waals surface area (Å²) in [6, 6.07) is 26.4. The summed E-state index contributed by atoms with van der Waals surface area (Å²) in [5.74, 6) is -0.00749. The van der Waals surface area contributed by atoms with Gasteiger partial charge in [-0.2, -0.15) is 0 Å². The standard InChI is InChI=1S/C23H23NO/c1-18-9-5-6-13-21(18)17-24-23(25)22-14-8-7-12-20(22)16-15-19-10-3-2-4-11-19/h2-14H,15-17H2,1H3,(H,24,25). The first-order chi connectivity index (χ1) is 12.2. The summed E-state index contributed by atoms with van der Waals surface area (Å²) in [5, 5.41) is 3.06. The van der Waals surface area contributed by atoms with Gasteiger partial charge in [-0.25, -0.2) is 0 Å². The van der Waals surface area contributed by atoms with Crippen LogP contribution < -0.4 is 5.32 Å². The van der Waals surface area contributed by atoms with E-state index in [0.717, 1.165) is 29.5 Å². The van der Waals surface area contributed by atoms with Crippen molar-refractivity contribution >= 4 is 5.91 Å². The number of amides is 1. The lowest BCUT2D eigenvalue weighted by molar-refractivity contribution is 0.0950. The minimum Gasteiger partial charge on any atom is -0.348 e. The van der Waals surface area contributed by atoms with Crippen molar-refractivity contribution in [2.45, 2.75) is 26.3 Å². The number of carbonyl (C=O) groups is 1. The van der Waals surface area contributed by atoms with Crippen molar-refractivity contribution in [2.75, 3.05) is 0 Å². The van der Waals surface area contributed by atoms with E-state index in [9.17, 15) is 4.79 Å². The summed E-state index contributed by atoms with van der Waals surface area (Å²) in [7, 11) is 0. The van der Waals surface area contributed by atoms with Gasteiger partial charge in [-0.1, -0.05) is 72.8 Å². The van der Waals surface area contributed by atoms with Gasteiger partial charge in [0.15, 0.2) is 0 Å². The van der Waals surface area contributed by atoms with Gasteiger partial charge in [0.05, 0.1) is 0 Å². The molecular formula is C23H23NO. The van der Waals surface area contributed by atoms with Gasteiger partial charge in [-0.05, 0) is 48.1 Å². The smallest absolute Gasteiger partial charge is 0.251 e. The number of rotatable bonds is 6. The van der Waals surface area contributed by atoms with Gasteiger partial charge in [0.1, 0.15) is 0 Å². The molecule has 0 atom stereocenters. The highest BCUT2D eigenvalue weighted by molar-refractivity contribution is 5.95.